The summed E-state index contributed by atoms with van der Waals surface area (Å²) in [5.41, 5.74) is 0.604. The van der Waals surface area contributed by atoms with Gasteiger partial charge < -0.3 is 10.1 Å². The van der Waals surface area contributed by atoms with E-state index in [0.29, 0.717) is 17.9 Å². The van der Waals surface area contributed by atoms with Gasteiger partial charge >= 0.3 is 0 Å². The number of nitriles is 1. The molecule has 2 rings (SSSR count). The largest absolute Gasteiger partial charge is 0.491 e. The van der Waals surface area contributed by atoms with Gasteiger partial charge in [0.05, 0.1) is 5.56 Å². The Morgan fingerprint density at radius 2 is 1.89 bits per heavy atom. The van der Waals surface area contributed by atoms with Gasteiger partial charge in [-0.05, 0) is 12.1 Å². The van der Waals surface area contributed by atoms with E-state index < -0.39 is 0 Å². The lowest BCUT2D eigenvalue weighted by Crippen LogP contribution is -2.44. The van der Waals surface area contributed by atoms with E-state index in [0.717, 1.165) is 32.7 Å². The van der Waals surface area contributed by atoms with Gasteiger partial charge in [0, 0.05) is 32.7 Å². The maximum Gasteiger partial charge on any atom is 0.137 e. The molecule has 4 nitrogen and oxygen atoms in total. The van der Waals surface area contributed by atoms with Crippen LogP contribution in [0.5, 0.6) is 5.75 Å². The Morgan fingerprint density at radius 1 is 1.21 bits per heavy atom. The van der Waals surface area contributed by atoms with Crippen LogP contribution in [0.25, 0.3) is 0 Å². The average molecular weight is 304 g/mol. The zero-order valence-corrected chi connectivity index (χ0v) is 12.3. The van der Waals surface area contributed by atoms with Crippen LogP contribution in [0.4, 0.5) is 0 Å². The van der Waals surface area contributed by atoms with E-state index in [1.165, 1.54) is 0 Å². The highest BCUT2D eigenvalue weighted by Gasteiger charge is 2.09. The highest BCUT2D eigenvalue weighted by Crippen LogP contribution is 2.16. The minimum atomic E-state index is 0. The summed E-state index contributed by atoms with van der Waals surface area (Å²) in [7, 11) is 0. The molecule has 0 unspecified atom stereocenters. The van der Waals surface area contributed by atoms with Crippen molar-refractivity contribution in [3.8, 4) is 11.8 Å². The molecule has 1 aromatic rings. The molecule has 0 atom stereocenters. The van der Waals surface area contributed by atoms with E-state index in [1.807, 2.05) is 18.2 Å². The van der Waals surface area contributed by atoms with Crippen LogP contribution in [0.2, 0.25) is 0 Å². The number of nitrogens with one attached hydrogen (secondary N) is 1. The number of halogens is 2. The first kappa shape index (κ1) is 18.0. The molecule has 0 aliphatic carbocycles. The molecule has 1 aliphatic rings. The molecule has 1 aromatic carbocycles. The Morgan fingerprint density at radius 3 is 2.58 bits per heavy atom. The van der Waals surface area contributed by atoms with Crippen LogP contribution < -0.4 is 10.1 Å². The summed E-state index contributed by atoms with van der Waals surface area (Å²) in [5, 5.41) is 12.2. The van der Waals surface area contributed by atoms with Crippen LogP contribution >= 0.6 is 24.8 Å². The second-order valence-electron chi connectivity index (χ2n) is 4.05. The van der Waals surface area contributed by atoms with Crippen molar-refractivity contribution < 1.29 is 4.74 Å². The van der Waals surface area contributed by atoms with E-state index in [9.17, 15) is 0 Å². The molecule has 1 fully saturated rings. The molecule has 0 bridgehead atoms. The topological polar surface area (TPSA) is 48.3 Å². The summed E-state index contributed by atoms with van der Waals surface area (Å²) in [5.74, 6) is 0.685. The van der Waals surface area contributed by atoms with Crippen molar-refractivity contribution in [2.45, 2.75) is 0 Å². The predicted octanol–water partition coefficient (Wildman–Crippen LogP) is 1.69. The van der Waals surface area contributed by atoms with Gasteiger partial charge in [-0.3, -0.25) is 4.90 Å². The number of hydrogen-bond acceptors (Lipinski definition) is 4. The predicted molar refractivity (Wildman–Crippen MR) is 80.5 cm³/mol. The maximum atomic E-state index is 8.92. The summed E-state index contributed by atoms with van der Waals surface area (Å²) in [4.78, 5) is 2.37. The Kier molecular flexibility index (Phi) is 9.36. The van der Waals surface area contributed by atoms with Gasteiger partial charge in [-0.1, -0.05) is 12.1 Å². The van der Waals surface area contributed by atoms with Crippen LogP contribution in [0, 0.1) is 11.3 Å². The molecule has 1 aliphatic heterocycles. The van der Waals surface area contributed by atoms with Gasteiger partial charge in [0.2, 0.25) is 0 Å². The molecule has 0 amide bonds. The SMILES string of the molecule is Cl.Cl.N#Cc1ccccc1OCCN1CCNCC1. The van der Waals surface area contributed by atoms with Crippen LogP contribution in [0.3, 0.4) is 0 Å². The number of rotatable bonds is 4. The maximum absolute atomic E-state index is 8.92. The van der Waals surface area contributed by atoms with E-state index >= 15 is 0 Å². The number of benzene rings is 1. The van der Waals surface area contributed by atoms with Gasteiger partial charge in [-0.25, -0.2) is 0 Å². The first-order valence-electron chi connectivity index (χ1n) is 5.95. The smallest absolute Gasteiger partial charge is 0.137 e. The molecular formula is C13H19Cl2N3O. The molecule has 1 N–H and O–H groups in total. The lowest BCUT2D eigenvalue weighted by molar-refractivity contribution is 0.191. The lowest BCUT2D eigenvalue weighted by Gasteiger charge is -2.26. The highest BCUT2D eigenvalue weighted by molar-refractivity contribution is 5.85. The zero-order valence-electron chi connectivity index (χ0n) is 10.7. The van der Waals surface area contributed by atoms with Crippen LogP contribution in [0.1, 0.15) is 5.56 Å². The number of hydrogen-bond donors (Lipinski definition) is 1. The van der Waals surface area contributed by atoms with E-state index in [1.54, 1.807) is 6.07 Å². The van der Waals surface area contributed by atoms with Gasteiger partial charge in [0.1, 0.15) is 18.4 Å². The number of piperazine rings is 1. The van der Waals surface area contributed by atoms with Gasteiger partial charge in [0.15, 0.2) is 0 Å². The normalized spacial score (nSPS) is 14.7. The Hall–Kier alpha value is -0.990. The van der Waals surface area contributed by atoms with Crippen LogP contribution in [-0.4, -0.2) is 44.2 Å². The summed E-state index contributed by atoms with van der Waals surface area (Å²) >= 11 is 0. The molecule has 1 heterocycles. The minimum absolute atomic E-state index is 0. The third kappa shape index (κ3) is 5.66. The fourth-order valence-corrected chi connectivity index (χ4v) is 1.90. The van der Waals surface area contributed by atoms with Crippen LogP contribution in [-0.2, 0) is 0 Å². The van der Waals surface area contributed by atoms with E-state index in [-0.39, 0.29) is 24.8 Å². The highest BCUT2D eigenvalue weighted by atomic mass is 35.5. The fourth-order valence-electron chi connectivity index (χ4n) is 1.90. The molecule has 19 heavy (non-hydrogen) atoms. The quantitative estimate of drug-likeness (QED) is 0.919. The van der Waals surface area contributed by atoms with Crippen molar-refractivity contribution >= 4 is 24.8 Å². The second-order valence-corrected chi connectivity index (χ2v) is 4.05. The molecule has 0 spiro atoms. The lowest BCUT2D eigenvalue weighted by atomic mass is 10.2. The number of para-hydroxylation sites is 1. The van der Waals surface area contributed by atoms with Gasteiger partial charge in [-0.2, -0.15) is 5.26 Å². The third-order valence-electron chi connectivity index (χ3n) is 2.88. The Labute approximate surface area is 126 Å². The molecule has 106 valence electrons. The summed E-state index contributed by atoms with van der Waals surface area (Å²) in [6, 6.07) is 9.50. The molecule has 6 heteroatoms. The molecule has 0 saturated carbocycles. The minimum Gasteiger partial charge on any atom is -0.491 e. The Bertz CT molecular complexity index is 403. The van der Waals surface area contributed by atoms with Crippen molar-refractivity contribution in [2.24, 2.45) is 0 Å². The summed E-state index contributed by atoms with van der Waals surface area (Å²) < 4.78 is 5.65. The average Bonchev–Trinajstić information content (AvgIpc) is 2.40. The summed E-state index contributed by atoms with van der Waals surface area (Å²) in [6.07, 6.45) is 0. The number of nitrogens with zero attached hydrogens (tertiary/aromatic N) is 2. The first-order valence-corrected chi connectivity index (χ1v) is 5.95. The van der Waals surface area contributed by atoms with Crippen molar-refractivity contribution in [3.05, 3.63) is 29.8 Å². The van der Waals surface area contributed by atoms with Crippen molar-refractivity contribution in [3.63, 3.8) is 0 Å². The molecule has 1 saturated heterocycles. The first-order chi connectivity index (χ1) is 8.40. The molecular weight excluding hydrogens is 285 g/mol. The van der Waals surface area contributed by atoms with E-state index in [2.05, 4.69) is 16.3 Å². The van der Waals surface area contributed by atoms with Gasteiger partial charge in [0.25, 0.3) is 0 Å². The van der Waals surface area contributed by atoms with E-state index in [4.69, 9.17) is 10.00 Å². The molecule has 0 aromatic heterocycles. The van der Waals surface area contributed by atoms with Crippen molar-refractivity contribution in [2.75, 3.05) is 39.3 Å². The second kappa shape index (κ2) is 9.88. The summed E-state index contributed by atoms with van der Waals surface area (Å²) in [6.45, 7) is 5.80. The fraction of sp³-hybridized carbons (Fsp3) is 0.462. The van der Waals surface area contributed by atoms with Crippen molar-refractivity contribution in [1.82, 2.24) is 10.2 Å². The number of ether oxygens (including phenoxy) is 1. The van der Waals surface area contributed by atoms with Crippen LogP contribution in [0.15, 0.2) is 24.3 Å². The molecule has 0 radical (unpaired) electrons. The van der Waals surface area contributed by atoms with Gasteiger partial charge in [-0.15, -0.1) is 24.8 Å². The monoisotopic (exact) mass is 303 g/mol. The Balaban J connectivity index is 0.00000162. The zero-order chi connectivity index (χ0) is 11.9. The van der Waals surface area contributed by atoms with Crippen molar-refractivity contribution in [1.29, 1.82) is 5.26 Å². The standard InChI is InChI=1S/C13H17N3O.2ClH/c14-11-12-3-1-2-4-13(12)17-10-9-16-7-5-15-6-8-16;;/h1-4,15H,5-10H2;2*1H. The third-order valence-corrected chi connectivity index (χ3v) is 2.88.